The van der Waals surface area contributed by atoms with Crippen LogP contribution in [0.25, 0.3) is 0 Å². The molecule has 16 heteroatoms. The van der Waals surface area contributed by atoms with Crippen molar-refractivity contribution in [2.75, 3.05) is 12.3 Å². The van der Waals surface area contributed by atoms with Crippen molar-refractivity contribution < 1.29 is 54.2 Å². The molecule has 0 aromatic carbocycles. The Morgan fingerprint density at radius 3 is 2.04 bits per heavy atom. The number of aromatic nitrogens is 1. The van der Waals surface area contributed by atoms with E-state index in [2.05, 4.69) is 25.7 Å². The second kappa shape index (κ2) is 7.21. The van der Waals surface area contributed by atoms with Crippen molar-refractivity contribution in [1.29, 1.82) is 0 Å². The molecule has 0 unspecified atom stereocenters. The first-order valence-corrected chi connectivity index (χ1v) is 7.04. The molecular formula is C11H7BrF9N3O3. The van der Waals surface area contributed by atoms with E-state index in [1.165, 1.54) is 0 Å². The quantitative estimate of drug-likeness (QED) is 0.456. The standard InChI is InChI=1S/C11H7BrF9N3O3/c12-5-3(9(13,14)15)1-4(22)6(24-5)27-7(25)23-2-8(26,10(16,17)18)11(19,20)21/h1,26H,2,22H2,(H,23,25). The van der Waals surface area contributed by atoms with Gasteiger partial charge in [-0.2, -0.15) is 39.5 Å². The molecule has 0 atom stereocenters. The number of nitrogens with one attached hydrogen (secondary N) is 1. The van der Waals surface area contributed by atoms with Gasteiger partial charge in [-0.25, -0.2) is 9.78 Å². The summed E-state index contributed by atoms with van der Waals surface area (Å²) >= 11 is 2.39. The van der Waals surface area contributed by atoms with E-state index in [-0.39, 0.29) is 6.07 Å². The van der Waals surface area contributed by atoms with Crippen LogP contribution in [0.4, 0.5) is 50.0 Å². The summed E-state index contributed by atoms with van der Waals surface area (Å²) in [6.45, 7) is -2.39. The molecule has 1 heterocycles. The Morgan fingerprint density at radius 2 is 1.63 bits per heavy atom. The number of nitrogen functional groups attached to an aromatic ring is 1. The van der Waals surface area contributed by atoms with Gasteiger partial charge in [-0.15, -0.1) is 0 Å². The average Bonchev–Trinajstić information content (AvgIpc) is 2.44. The van der Waals surface area contributed by atoms with Crippen molar-refractivity contribution in [1.82, 2.24) is 10.3 Å². The summed E-state index contributed by atoms with van der Waals surface area (Å²) < 4.78 is 116. The van der Waals surface area contributed by atoms with Gasteiger partial charge in [-0.05, 0) is 22.0 Å². The van der Waals surface area contributed by atoms with Crippen molar-refractivity contribution >= 4 is 27.7 Å². The molecule has 0 aliphatic carbocycles. The summed E-state index contributed by atoms with van der Waals surface area (Å²) in [7, 11) is 0. The molecule has 1 aromatic rings. The Bertz CT molecular complexity index is 704. The fourth-order valence-electron chi connectivity index (χ4n) is 1.46. The van der Waals surface area contributed by atoms with E-state index in [1.54, 1.807) is 0 Å². The van der Waals surface area contributed by atoms with Crippen LogP contribution < -0.4 is 15.8 Å². The number of hydrogen-bond acceptors (Lipinski definition) is 5. The number of alkyl halides is 9. The smallest absolute Gasteiger partial charge is 0.394 e. The lowest BCUT2D eigenvalue weighted by atomic mass is 10.0. The van der Waals surface area contributed by atoms with E-state index in [0.717, 1.165) is 5.32 Å². The number of hydrogen-bond donors (Lipinski definition) is 3. The summed E-state index contributed by atoms with van der Waals surface area (Å²) in [4.78, 5) is 14.4. The molecule has 154 valence electrons. The van der Waals surface area contributed by atoms with E-state index >= 15 is 0 Å². The lowest BCUT2D eigenvalue weighted by Gasteiger charge is -2.32. The predicted molar refractivity (Wildman–Crippen MR) is 72.4 cm³/mol. The normalized spacial score (nSPS) is 13.4. The lowest BCUT2D eigenvalue weighted by molar-refractivity contribution is -0.364. The molecule has 0 saturated heterocycles. The second-order valence-electron chi connectivity index (χ2n) is 4.82. The number of anilines is 1. The van der Waals surface area contributed by atoms with Gasteiger partial charge in [-0.1, -0.05) is 0 Å². The first-order chi connectivity index (χ1) is 11.9. The van der Waals surface area contributed by atoms with E-state index in [9.17, 15) is 44.3 Å². The molecule has 0 spiro atoms. The van der Waals surface area contributed by atoms with Crippen LogP contribution in [0.15, 0.2) is 10.7 Å². The van der Waals surface area contributed by atoms with E-state index in [0.29, 0.717) is 0 Å². The zero-order valence-electron chi connectivity index (χ0n) is 12.4. The van der Waals surface area contributed by atoms with Gasteiger partial charge < -0.3 is 20.9 Å². The molecule has 4 N–H and O–H groups in total. The van der Waals surface area contributed by atoms with Gasteiger partial charge >= 0.3 is 24.6 Å². The Labute approximate surface area is 151 Å². The number of halogens is 10. The minimum atomic E-state index is -6.20. The zero-order valence-corrected chi connectivity index (χ0v) is 13.9. The number of nitrogens with two attached hydrogens (primary N) is 1. The van der Waals surface area contributed by atoms with Gasteiger partial charge in [0.2, 0.25) is 5.88 Å². The molecular weight excluding hydrogens is 473 g/mol. The van der Waals surface area contributed by atoms with E-state index in [4.69, 9.17) is 10.8 Å². The van der Waals surface area contributed by atoms with Crippen molar-refractivity contribution in [3.8, 4) is 5.88 Å². The van der Waals surface area contributed by atoms with E-state index in [1.807, 2.05) is 0 Å². The minimum absolute atomic E-state index is 0.265. The van der Waals surface area contributed by atoms with E-state index < -0.39 is 58.5 Å². The fraction of sp³-hybridized carbons (Fsp3) is 0.455. The van der Waals surface area contributed by atoms with Crippen molar-refractivity contribution in [3.05, 3.63) is 16.2 Å². The van der Waals surface area contributed by atoms with Gasteiger partial charge in [-0.3, -0.25) is 0 Å². The highest BCUT2D eigenvalue weighted by atomic mass is 79.9. The molecule has 1 amide bonds. The van der Waals surface area contributed by atoms with Gasteiger partial charge in [0.05, 0.1) is 17.8 Å². The third-order valence-electron chi connectivity index (χ3n) is 2.89. The van der Waals surface area contributed by atoms with Crippen LogP contribution in [0.2, 0.25) is 0 Å². The Balaban J connectivity index is 2.97. The predicted octanol–water partition coefficient (Wildman–Crippen LogP) is 3.39. The average molecular weight is 480 g/mol. The Kier molecular flexibility index (Phi) is 6.16. The Hall–Kier alpha value is -1.97. The maximum absolute atomic E-state index is 12.6. The van der Waals surface area contributed by atoms with Gasteiger partial charge in [0, 0.05) is 0 Å². The lowest BCUT2D eigenvalue weighted by Crippen LogP contribution is -2.63. The number of ether oxygens (including phenoxy) is 1. The molecule has 1 aromatic heterocycles. The Morgan fingerprint density at radius 1 is 1.15 bits per heavy atom. The number of rotatable bonds is 3. The first kappa shape index (κ1) is 23.1. The topological polar surface area (TPSA) is 97.5 Å². The number of nitrogens with zero attached hydrogens (tertiary/aromatic N) is 1. The number of amides is 1. The van der Waals surface area contributed by atoms with Crippen LogP contribution in [0.3, 0.4) is 0 Å². The summed E-state index contributed by atoms with van der Waals surface area (Å²) in [6, 6.07) is 0.265. The molecule has 0 radical (unpaired) electrons. The van der Waals surface area contributed by atoms with Crippen LogP contribution >= 0.6 is 15.9 Å². The highest BCUT2D eigenvalue weighted by Gasteiger charge is 2.70. The molecule has 0 aliphatic heterocycles. The van der Waals surface area contributed by atoms with Gasteiger partial charge in [0.1, 0.15) is 4.60 Å². The zero-order chi connectivity index (χ0) is 21.4. The van der Waals surface area contributed by atoms with Crippen LogP contribution in [0.5, 0.6) is 5.88 Å². The highest BCUT2D eigenvalue weighted by Crippen LogP contribution is 2.42. The van der Waals surface area contributed by atoms with Crippen LogP contribution in [0, 0.1) is 0 Å². The fourth-order valence-corrected chi connectivity index (χ4v) is 1.96. The minimum Gasteiger partial charge on any atom is -0.394 e. The van der Waals surface area contributed by atoms with Gasteiger partial charge in [0.25, 0.3) is 5.60 Å². The SMILES string of the molecule is Nc1cc(C(F)(F)F)c(Br)nc1OC(=O)NCC(O)(C(F)(F)F)C(F)(F)F. The summed E-state index contributed by atoms with van der Waals surface area (Å²) in [5.74, 6) is -1.03. The van der Waals surface area contributed by atoms with Crippen LogP contribution in [-0.2, 0) is 6.18 Å². The molecule has 0 aliphatic rings. The van der Waals surface area contributed by atoms with Crippen molar-refractivity contribution in [2.24, 2.45) is 0 Å². The van der Waals surface area contributed by atoms with Crippen LogP contribution in [-0.4, -0.2) is 40.7 Å². The number of carbonyl (C=O) groups is 1. The number of pyridine rings is 1. The van der Waals surface area contributed by atoms with Crippen molar-refractivity contribution in [3.63, 3.8) is 0 Å². The molecule has 6 nitrogen and oxygen atoms in total. The molecule has 0 saturated carbocycles. The molecule has 27 heavy (non-hydrogen) atoms. The molecule has 0 fully saturated rings. The number of carbonyl (C=O) groups excluding carboxylic acids is 1. The third kappa shape index (κ3) is 5.06. The summed E-state index contributed by atoms with van der Waals surface area (Å²) in [5, 5.41) is 9.82. The van der Waals surface area contributed by atoms with Crippen LogP contribution in [0.1, 0.15) is 5.56 Å². The third-order valence-corrected chi connectivity index (χ3v) is 3.49. The first-order valence-electron chi connectivity index (χ1n) is 6.25. The highest BCUT2D eigenvalue weighted by molar-refractivity contribution is 9.10. The second-order valence-corrected chi connectivity index (χ2v) is 5.57. The summed E-state index contributed by atoms with van der Waals surface area (Å²) in [6.07, 6.45) is -19.3. The maximum Gasteiger partial charge on any atom is 0.428 e. The molecule has 0 bridgehead atoms. The largest absolute Gasteiger partial charge is 0.428 e. The monoisotopic (exact) mass is 479 g/mol. The summed E-state index contributed by atoms with van der Waals surface area (Å²) in [5.41, 5.74) is -2.40. The van der Waals surface area contributed by atoms with Gasteiger partial charge in [0.15, 0.2) is 0 Å². The molecule has 1 rings (SSSR count). The maximum atomic E-state index is 12.6. The number of aliphatic hydroxyl groups is 1. The van der Waals surface area contributed by atoms with Crippen molar-refractivity contribution in [2.45, 2.75) is 24.1 Å².